The van der Waals surface area contributed by atoms with Gasteiger partial charge in [-0.1, -0.05) is 60.2 Å². The molecular weight excluding hydrogens is 335 g/mol. The molecule has 3 aromatic rings. The molecule has 0 heterocycles. The van der Waals surface area contributed by atoms with Gasteiger partial charge in [-0.3, -0.25) is 10.2 Å². The van der Waals surface area contributed by atoms with E-state index in [4.69, 9.17) is 0 Å². The molecule has 0 unspecified atom stereocenters. The average Bonchev–Trinajstić information content (AvgIpc) is 2.62. The number of benzene rings is 3. The summed E-state index contributed by atoms with van der Waals surface area (Å²) in [5.41, 5.74) is 4.71. The van der Waals surface area contributed by atoms with Crippen molar-refractivity contribution < 1.29 is 9.18 Å². The summed E-state index contributed by atoms with van der Waals surface area (Å²) in [4.78, 5) is 16.0. The summed E-state index contributed by atoms with van der Waals surface area (Å²) in [5, 5.41) is 0. The molecular formula is C20H17FN2OS. The van der Waals surface area contributed by atoms with Gasteiger partial charge in [0.25, 0.3) is 5.91 Å². The Hall–Kier alpha value is -2.63. The van der Waals surface area contributed by atoms with Crippen molar-refractivity contribution in [3.63, 3.8) is 0 Å². The second-order valence-corrected chi connectivity index (χ2v) is 6.39. The first-order valence-corrected chi connectivity index (χ1v) is 8.59. The Balaban J connectivity index is 1.74. The van der Waals surface area contributed by atoms with Gasteiger partial charge in [0, 0.05) is 10.5 Å². The van der Waals surface area contributed by atoms with Gasteiger partial charge in [0.05, 0.1) is 5.56 Å². The highest BCUT2D eigenvalue weighted by atomic mass is 32.2. The van der Waals surface area contributed by atoms with E-state index in [1.165, 1.54) is 18.0 Å². The molecule has 0 bridgehead atoms. The van der Waals surface area contributed by atoms with Gasteiger partial charge >= 0.3 is 0 Å². The van der Waals surface area contributed by atoms with E-state index in [-0.39, 0.29) is 5.56 Å². The van der Waals surface area contributed by atoms with Gasteiger partial charge in [-0.15, -0.1) is 0 Å². The first kappa shape index (κ1) is 17.2. The van der Waals surface area contributed by atoms with Gasteiger partial charge < -0.3 is 0 Å². The van der Waals surface area contributed by atoms with E-state index in [0.29, 0.717) is 5.56 Å². The van der Waals surface area contributed by atoms with Crippen molar-refractivity contribution in [1.29, 1.82) is 0 Å². The summed E-state index contributed by atoms with van der Waals surface area (Å²) in [6.07, 6.45) is 0. The van der Waals surface area contributed by atoms with Crippen molar-refractivity contribution in [2.24, 2.45) is 0 Å². The number of nitrogens with one attached hydrogen (secondary N) is 2. The lowest BCUT2D eigenvalue weighted by atomic mass is 10.0. The maximum Gasteiger partial charge on any atom is 0.269 e. The molecule has 5 heteroatoms. The van der Waals surface area contributed by atoms with Crippen LogP contribution < -0.4 is 10.3 Å². The zero-order valence-electron chi connectivity index (χ0n) is 13.6. The minimum atomic E-state index is -0.530. The van der Waals surface area contributed by atoms with Crippen LogP contribution in [0.15, 0.2) is 77.7 Å². The number of carbonyl (C=O) groups excluding carboxylic acids is 1. The highest BCUT2D eigenvalue weighted by Crippen LogP contribution is 2.25. The predicted octanol–water partition coefficient (Wildman–Crippen LogP) is 4.74. The number of aryl methyl sites for hydroxylation is 1. The molecule has 0 aliphatic carbocycles. The highest BCUT2D eigenvalue weighted by molar-refractivity contribution is 7.97. The molecule has 0 radical (unpaired) electrons. The second-order valence-electron chi connectivity index (χ2n) is 5.51. The van der Waals surface area contributed by atoms with Gasteiger partial charge in [-0.2, -0.15) is 4.83 Å². The third kappa shape index (κ3) is 4.26. The van der Waals surface area contributed by atoms with E-state index >= 15 is 0 Å². The maximum atomic E-state index is 14.8. The van der Waals surface area contributed by atoms with Crippen LogP contribution in [-0.4, -0.2) is 5.91 Å². The van der Waals surface area contributed by atoms with E-state index in [0.717, 1.165) is 16.0 Å². The number of rotatable bonds is 5. The van der Waals surface area contributed by atoms with Crippen LogP contribution in [0.2, 0.25) is 0 Å². The molecule has 0 aliphatic rings. The highest BCUT2D eigenvalue weighted by Gasteiger charge is 2.15. The van der Waals surface area contributed by atoms with Crippen LogP contribution in [0.3, 0.4) is 0 Å². The zero-order valence-corrected chi connectivity index (χ0v) is 14.4. The minimum absolute atomic E-state index is 0.000155. The van der Waals surface area contributed by atoms with Crippen LogP contribution in [0.1, 0.15) is 15.9 Å². The first-order valence-electron chi connectivity index (χ1n) is 7.78. The van der Waals surface area contributed by atoms with Crippen LogP contribution in [0.25, 0.3) is 11.1 Å². The molecule has 0 aliphatic heterocycles. The lowest BCUT2D eigenvalue weighted by Crippen LogP contribution is -2.33. The van der Waals surface area contributed by atoms with Crippen molar-refractivity contribution >= 4 is 17.9 Å². The van der Waals surface area contributed by atoms with Gasteiger partial charge in [-0.05, 0) is 42.6 Å². The predicted molar refractivity (Wildman–Crippen MR) is 99.5 cm³/mol. The van der Waals surface area contributed by atoms with Crippen LogP contribution in [0.5, 0.6) is 0 Å². The van der Waals surface area contributed by atoms with Crippen LogP contribution in [-0.2, 0) is 0 Å². The molecule has 3 nitrogen and oxygen atoms in total. The lowest BCUT2D eigenvalue weighted by Gasteiger charge is -2.10. The van der Waals surface area contributed by atoms with Crippen LogP contribution >= 0.6 is 11.9 Å². The van der Waals surface area contributed by atoms with E-state index in [9.17, 15) is 9.18 Å². The van der Waals surface area contributed by atoms with E-state index < -0.39 is 11.7 Å². The van der Waals surface area contributed by atoms with Gasteiger partial charge in [-0.25, -0.2) is 4.39 Å². The monoisotopic (exact) mass is 352 g/mol. The fourth-order valence-electron chi connectivity index (χ4n) is 2.43. The molecule has 2 N–H and O–H groups in total. The van der Waals surface area contributed by atoms with Crippen molar-refractivity contribution in [3.05, 3.63) is 89.7 Å². The molecule has 0 aromatic heterocycles. The second kappa shape index (κ2) is 7.96. The SMILES string of the molecule is Cc1cccc(-c2cccc(C(=O)NNSc3ccccc3)c2F)c1. The average molecular weight is 352 g/mol. The van der Waals surface area contributed by atoms with Gasteiger partial charge in [0.1, 0.15) is 5.82 Å². The fraction of sp³-hybridized carbons (Fsp3) is 0.0500. The van der Waals surface area contributed by atoms with Crippen LogP contribution in [0.4, 0.5) is 4.39 Å². The molecule has 3 rings (SSSR count). The lowest BCUT2D eigenvalue weighted by molar-refractivity contribution is 0.0943. The largest absolute Gasteiger partial charge is 0.277 e. The van der Waals surface area contributed by atoms with Gasteiger partial charge in [0.2, 0.25) is 0 Å². The van der Waals surface area contributed by atoms with Crippen LogP contribution in [0, 0.1) is 12.7 Å². The van der Waals surface area contributed by atoms with Crippen molar-refractivity contribution in [1.82, 2.24) is 10.3 Å². The first-order chi connectivity index (χ1) is 12.1. The topological polar surface area (TPSA) is 41.1 Å². The molecule has 25 heavy (non-hydrogen) atoms. The Morgan fingerprint density at radius 2 is 1.72 bits per heavy atom. The molecule has 0 atom stereocenters. The van der Waals surface area contributed by atoms with Crippen molar-refractivity contribution in [2.75, 3.05) is 0 Å². The number of halogens is 1. The normalized spacial score (nSPS) is 10.5. The zero-order chi connectivity index (χ0) is 17.6. The smallest absolute Gasteiger partial charge is 0.269 e. The third-order valence-electron chi connectivity index (χ3n) is 3.65. The maximum absolute atomic E-state index is 14.8. The summed E-state index contributed by atoms with van der Waals surface area (Å²) in [5.74, 6) is -1.05. The molecule has 0 spiro atoms. The summed E-state index contributed by atoms with van der Waals surface area (Å²) >= 11 is 1.25. The number of hydrogen-bond donors (Lipinski definition) is 2. The summed E-state index contributed by atoms with van der Waals surface area (Å²) in [6, 6.07) is 21.9. The summed E-state index contributed by atoms with van der Waals surface area (Å²) in [6.45, 7) is 1.95. The number of hydrogen-bond acceptors (Lipinski definition) is 3. The molecule has 0 saturated carbocycles. The van der Waals surface area contributed by atoms with Gasteiger partial charge in [0.15, 0.2) is 0 Å². The third-order valence-corrected chi connectivity index (χ3v) is 4.36. The number of amides is 1. The Kier molecular flexibility index (Phi) is 5.48. The standard InChI is InChI=1S/C20H17FN2OS/c1-14-7-5-8-15(13-14)17-11-6-12-18(19(17)21)20(24)22-23-25-16-9-3-2-4-10-16/h2-13,23H,1H3,(H,22,24). The van der Waals surface area contributed by atoms with Crippen molar-refractivity contribution in [3.8, 4) is 11.1 Å². The molecule has 126 valence electrons. The molecule has 0 fully saturated rings. The Bertz CT molecular complexity index is 884. The number of carbonyl (C=O) groups is 1. The Morgan fingerprint density at radius 3 is 2.48 bits per heavy atom. The summed E-state index contributed by atoms with van der Waals surface area (Å²) in [7, 11) is 0. The minimum Gasteiger partial charge on any atom is -0.277 e. The Morgan fingerprint density at radius 1 is 0.960 bits per heavy atom. The number of hydrazine groups is 1. The van der Waals surface area contributed by atoms with Crippen molar-refractivity contribution in [2.45, 2.75) is 11.8 Å². The molecule has 3 aromatic carbocycles. The van der Waals surface area contributed by atoms with E-state index in [1.807, 2.05) is 61.5 Å². The van der Waals surface area contributed by atoms with E-state index in [1.54, 1.807) is 12.1 Å². The molecule has 0 saturated heterocycles. The molecule has 1 amide bonds. The summed E-state index contributed by atoms with van der Waals surface area (Å²) < 4.78 is 14.8. The quantitative estimate of drug-likeness (QED) is 0.515. The fourth-order valence-corrected chi connectivity index (χ4v) is 2.98. The van der Waals surface area contributed by atoms with E-state index in [2.05, 4.69) is 10.3 Å². The Labute approximate surface area is 150 Å².